The van der Waals surface area contributed by atoms with Crippen LogP contribution in [0.25, 0.3) is 0 Å². The lowest BCUT2D eigenvalue weighted by Gasteiger charge is -2.37. The lowest BCUT2D eigenvalue weighted by Crippen LogP contribution is -2.51. The summed E-state index contributed by atoms with van der Waals surface area (Å²) in [5.74, 6) is -1.35. The molecule has 0 N–H and O–H groups in total. The highest BCUT2D eigenvalue weighted by Crippen LogP contribution is 2.34. The van der Waals surface area contributed by atoms with E-state index >= 15 is 0 Å². The molecule has 0 atom stereocenters. The molecule has 1 amide bonds. The molecule has 1 aliphatic heterocycles. The van der Waals surface area contributed by atoms with Crippen molar-refractivity contribution < 1.29 is 32.2 Å². The van der Waals surface area contributed by atoms with E-state index in [1.54, 1.807) is 13.0 Å². The molecule has 0 aliphatic carbocycles. The van der Waals surface area contributed by atoms with Crippen molar-refractivity contribution in [3.8, 4) is 5.75 Å². The zero-order valence-electron chi connectivity index (χ0n) is 18.4. The molecule has 2 rings (SSSR count). The van der Waals surface area contributed by atoms with Crippen molar-refractivity contribution in [2.24, 2.45) is 5.10 Å². The van der Waals surface area contributed by atoms with Crippen LogP contribution in [0.5, 0.6) is 5.75 Å². The molecule has 1 aromatic carbocycles. The number of piperazine rings is 1. The number of carbonyl (C=O) groups excluding carboxylic acids is 2. The molecular formula is C20H25Cl2F3N4O4. The Kier molecular flexibility index (Phi) is 9.47. The van der Waals surface area contributed by atoms with Crippen molar-refractivity contribution >= 4 is 46.5 Å². The predicted molar refractivity (Wildman–Crippen MR) is 120 cm³/mol. The fourth-order valence-electron chi connectivity index (χ4n) is 3.23. The zero-order valence-corrected chi connectivity index (χ0v) is 19.9. The Balaban J connectivity index is 2.11. The summed E-state index contributed by atoms with van der Waals surface area (Å²) < 4.78 is 48.8. The van der Waals surface area contributed by atoms with Crippen LogP contribution >= 0.6 is 23.2 Å². The van der Waals surface area contributed by atoms with Crippen molar-refractivity contribution in [3.63, 3.8) is 0 Å². The van der Waals surface area contributed by atoms with Gasteiger partial charge in [-0.15, -0.1) is 11.6 Å². The molecule has 1 fully saturated rings. The van der Waals surface area contributed by atoms with Gasteiger partial charge in [-0.05, 0) is 13.0 Å². The number of hydrogen-bond donors (Lipinski definition) is 0. The summed E-state index contributed by atoms with van der Waals surface area (Å²) in [5.41, 5.74) is -0.349. The molecule has 184 valence electrons. The Morgan fingerprint density at radius 1 is 1.18 bits per heavy atom. The molecule has 33 heavy (non-hydrogen) atoms. The second kappa shape index (κ2) is 11.6. The van der Waals surface area contributed by atoms with Crippen molar-refractivity contribution in [2.75, 3.05) is 64.3 Å². The summed E-state index contributed by atoms with van der Waals surface area (Å²) in [6.07, 6.45) is -4.67. The average Bonchev–Trinajstić information content (AvgIpc) is 2.80. The number of anilines is 1. The first kappa shape index (κ1) is 26.8. The van der Waals surface area contributed by atoms with E-state index in [0.29, 0.717) is 37.6 Å². The van der Waals surface area contributed by atoms with Crippen LogP contribution in [0.4, 0.5) is 18.9 Å². The topological polar surface area (TPSA) is 74.7 Å². The van der Waals surface area contributed by atoms with Crippen LogP contribution in [-0.2, 0) is 9.53 Å². The lowest BCUT2D eigenvalue weighted by atomic mass is 10.1. The second-order valence-corrected chi connectivity index (χ2v) is 7.70. The van der Waals surface area contributed by atoms with Crippen LogP contribution in [-0.4, -0.2) is 93.0 Å². The van der Waals surface area contributed by atoms with Gasteiger partial charge in [0.25, 0.3) is 0 Å². The maximum Gasteiger partial charge on any atom is 0.432 e. The van der Waals surface area contributed by atoms with E-state index in [1.807, 2.05) is 4.90 Å². The number of amides is 1. The van der Waals surface area contributed by atoms with Crippen LogP contribution in [0.1, 0.15) is 17.3 Å². The van der Waals surface area contributed by atoms with Gasteiger partial charge in [0.05, 0.1) is 36.4 Å². The number of benzene rings is 1. The third-order valence-corrected chi connectivity index (χ3v) is 5.60. The highest BCUT2D eigenvalue weighted by molar-refractivity contribution is 6.32. The minimum Gasteiger partial charge on any atom is -0.495 e. The number of nitrogens with zero attached hydrogens (tertiary/aromatic N) is 4. The molecule has 1 saturated heterocycles. The summed E-state index contributed by atoms with van der Waals surface area (Å²) in [6, 6.07) is 3.09. The van der Waals surface area contributed by atoms with Gasteiger partial charge in [-0.25, -0.2) is 4.79 Å². The highest BCUT2D eigenvalue weighted by atomic mass is 35.5. The monoisotopic (exact) mass is 512 g/mol. The Hall–Kier alpha value is -2.40. The molecule has 0 aromatic heterocycles. The first-order valence-electron chi connectivity index (χ1n) is 9.99. The average molecular weight is 513 g/mol. The molecule has 1 heterocycles. The number of esters is 1. The van der Waals surface area contributed by atoms with E-state index in [4.69, 9.17) is 32.7 Å². The second-order valence-electron chi connectivity index (χ2n) is 7.02. The molecule has 1 aromatic rings. The normalized spacial score (nSPS) is 14.8. The van der Waals surface area contributed by atoms with E-state index < -0.39 is 23.7 Å². The number of halogens is 5. The van der Waals surface area contributed by atoms with Gasteiger partial charge in [0, 0.05) is 38.8 Å². The third-order valence-electron chi connectivity index (χ3n) is 5.05. The SMILES string of the molecule is CCN(CC(=O)N1CCN(c2cc(OC)c(Cl)cc2C(=O)OC)CC1)/N=C(\CCl)C(F)(F)F. The van der Waals surface area contributed by atoms with Gasteiger partial charge in [0.1, 0.15) is 12.3 Å². The lowest BCUT2D eigenvalue weighted by molar-refractivity contribution is -0.132. The molecule has 0 saturated carbocycles. The number of alkyl halides is 4. The maximum absolute atomic E-state index is 12.9. The number of hydrazone groups is 1. The van der Waals surface area contributed by atoms with Crippen LogP contribution < -0.4 is 9.64 Å². The van der Waals surface area contributed by atoms with Gasteiger partial charge in [-0.3, -0.25) is 9.80 Å². The number of carbonyl (C=O) groups is 2. The van der Waals surface area contributed by atoms with Gasteiger partial charge >= 0.3 is 12.1 Å². The molecule has 8 nitrogen and oxygen atoms in total. The van der Waals surface area contributed by atoms with Gasteiger partial charge < -0.3 is 19.3 Å². The van der Waals surface area contributed by atoms with Crippen LogP contribution in [0.15, 0.2) is 17.2 Å². The third kappa shape index (κ3) is 6.80. The van der Waals surface area contributed by atoms with Crippen molar-refractivity contribution in [1.82, 2.24) is 9.91 Å². The summed E-state index contributed by atoms with van der Waals surface area (Å²) in [7, 11) is 2.72. The Bertz CT molecular complexity index is 891. The first-order valence-corrected chi connectivity index (χ1v) is 10.9. The maximum atomic E-state index is 12.9. The molecule has 0 spiro atoms. The standard InChI is InChI=1S/C20H25Cl2F3N4O4/c1-4-29(26-17(11-21)20(23,24)25)12-18(30)28-7-5-27(6-8-28)15-10-16(32-2)14(22)9-13(15)19(31)33-3/h9-10H,4-8,11-12H2,1-3H3/b26-17+. The zero-order chi connectivity index (χ0) is 24.8. The molecule has 0 radical (unpaired) electrons. The van der Waals surface area contributed by atoms with Crippen molar-refractivity contribution in [3.05, 3.63) is 22.7 Å². The van der Waals surface area contributed by atoms with Crippen molar-refractivity contribution in [2.45, 2.75) is 13.1 Å². The smallest absolute Gasteiger partial charge is 0.432 e. The minimum atomic E-state index is -4.67. The summed E-state index contributed by atoms with van der Waals surface area (Å²) in [4.78, 5) is 28.3. The fraction of sp³-hybridized carbons (Fsp3) is 0.550. The summed E-state index contributed by atoms with van der Waals surface area (Å²) >= 11 is 11.5. The minimum absolute atomic E-state index is 0.106. The Labute approximate surface area is 199 Å². The van der Waals surface area contributed by atoms with Crippen LogP contribution in [0.2, 0.25) is 5.02 Å². The molecule has 0 unspecified atom stereocenters. The van der Waals surface area contributed by atoms with E-state index in [1.165, 1.54) is 25.2 Å². The van der Waals surface area contributed by atoms with E-state index in [0.717, 1.165) is 5.01 Å². The van der Waals surface area contributed by atoms with Crippen LogP contribution in [0, 0.1) is 0 Å². The van der Waals surface area contributed by atoms with Gasteiger partial charge in [-0.2, -0.15) is 18.3 Å². The highest BCUT2D eigenvalue weighted by Gasteiger charge is 2.36. The Morgan fingerprint density at radius 3 is 2.30 bits per heavy atom. The molecule has 13 heteroatoms. The fourth-order valence-corrected chi connectivity index (χ4v) is 3.68. The molecule has 0 bridgehead atoms. The summed E-state index contributed by atoms with van der Waals surface area (Å²) in [6.45, 7) is 2.75. The van der Waals surface area contributed by atoms with Crippen LogP contribution in [0.3, 0.4) is 0 Å². The molecular weight excluding hydrogens is 488 g/mol. The largest absolute Gasteiger partial charge is 0.495 e. The number of ether oxygens (including phenoxy) is 2. The van der Waals surface area contributed by atoms with E-state index in [9.17, 15) is 22.8 Å². The first-order chi connectivity index (χ1) is 15.5. The van der Waals surface area contributed by atoms with Gasteiger partial charge in [-0.1, -0.05) is 11.6 Å². The predicted octanol–water partition coefficient (Wildman–Crippen LogP) is 3.26. The number of hydrogen-bond acceptors (Lipinski definition) is 7. The number of methoxy groups -OCH3 is 2. The van der Waals surface area contributed by atoms with Gasteiger partial charge in [0.2, 0.25) is 5.91 Å². The number of likely N-dealkylation sites (N-methyl/N-ethyl adjacent to an activating group) is 1. The molecule has 1 aliphatic rings. The number of rotatable bonds is 8. The van der Waals surface area contributed by atoms with E-state index in [-0.39, 0.29) is 29.6 Å². The summed E-state index contributed by atoms with van der Waals surface area (Å²) in [5, 5.41) is 4.80. The van der Waals surface area contributed by atoms with E-state index in [2.05, 4.69) is 5.10 Å². The van der Waals surface area contributed by atoms with Crippen molar-refractivity contribution in [1.29, 1.82) is 0 Å². The quantitative estimate of drug-likeness (QED) is 0.230. The van der Waals surface area contributed by atoms with Gasteiger partial charge in [0.15, 0.2) is 5.71 Å². The Morgan fingerprint density at radius 2 is 1.82 bits per heavy atom.